The summed E-state index contributed by atoms with van der Waals surface area (Å²) in [6.45, 7) is 17.4. The molecule has 0 radical (unpaired) electrons. The Balaban J connectivity index is 0.774. The first kappa shape index (κ1) is 79.2. The van der Waals surface area contributed by atoms with Gasteiger partial charge in [0, 0.05) is 139 Å². The number of ether oxygens (including phenoxy) is 7. The number of pyridine rings is 1. The molecule has 6 N–H and O–H groups in total. The fourth-order valence-corrected chi connectivity index (χ4v) is 14.2. The summed E-state index contributed by atoms with van der Waals surface area (Å²) in [6, 6.07) is 18.7. The van der Waals surface area contributed by atoms with Crippen molar-refractivity contribution in [1.29, 1.82) is 0 Å². The van der Waals surface area contributed by atoms with Crippen molar-refractivity contribution in [1.82, 2.24) is 34.2 Å². The SMILES string of the molecule is COc1ccc2c(OS(=O)(=O)Oc3cc(C(=O)N(C)CC(C)(C)COCC(C)(C)Cn4cc(C(C)(C)COCC(C)(C)CN5C(=O)C=CC5=O)nn4)ccc3O[C@H]3C[C@@H](O)[C@H](O)[C@@H](C(=O)O)O3)cc3c(c2c1)[C@H](CCl)CN3C(=O)c1cn2cc(NC(=O)c3ccc(O[C@H]4C[C@@H](O)C[C@@H](C(=O)O)O4)cc3)ccc2n1. The van der Waals surface area contributed by atoms with Crippen molar-refractivity contribution >= 4 is 91.3 Å². The highest BCUT2D eigenvalue weighted by atomic mass is 35.5. The van der Waals surface area contributed by atoms with E-state index in [0.29, 0.717) is 46.9 Å². The van der Waals surface area contributed by atoms with E-state index >= 15 is 0 Å². The number of benzene rings is 4. The Morgan fingerprint density at radius 1 is 0.704 bits per heavy atom. The van der Waals surface area contributed by atoms with Crippen molar-refractivity contribution in [2.45, 2.75) is 136 Å². The molecule has 0 unspecified atom stereocenters. The summed E-state index contributed by atoms with van der Waals surface area (Å²) in [6.07, 6.45) is -3.50. The lowest BCUT2D eigenvalue weighted by Gasteiger charge is -2.35. The van der Waals surface area contributed by atoms with Gasteiger partial charge in [-0.3, -0.25) is 33.6 Å². The molecule has 8 atom stereocenters. The van der Waals surface area contributed by atoms with E-state index in [4.69, 9.17) is 53.1 Å². The number of carbonyl (C=O) groups is 7. The van der Waals surface area contributed by atoms with E-state index in [1.807, 2.05) is 61.6 Å². The van der Waals surface area contributed by atoms with E-state index in [2.05, 4.69) is 20.6 Å². The number of nitrogens with one attached hydrogen (secondary N) is 1. The maximum absolute atomic E-state index is 14.9. The zero-order chi connectivity index (χ0) is 78.1. The average molecular weight is 1540 g/mol. The number of aliphatic hydroxyl groups is 3. The molecule has 4 aliphatic rings. The molecule has 4 aromatic carbocycles. The van der Waals surface area contributed by atoms with Gasteiger partial charge in [-0.05, 0) is 83.7 Å². The lowest BCUT2D eigenvalue weighted by atomic mass is 9.90. The molecule has 108 heavy (non-hydrogen) atoms. The molecule has 0 spiro atoms. The molecule has 32 nitrogen and oxygen atoms in total. The van der Waals surface area contributed by atoms with Gasteiger partial charge in [-0.1, -0.05) is 60.6 Å². The smallest absolute Gasteiger partial charge is 0.497 e. The van der Waals surface area contributed by atoms with Crippen LogP contribution in [0.4, 0.5) is 11.4 Å². The van der Waals surface area contributed by atoms with Gasteiger partial charge in [0.15, 0.2) is 29.5 Å². The number of aliphatic carboxylic acids is 2. The van der Waals surface area contributed by atoms with Crippen molar-refractivity contribution in [3.63, 3.8) is 0 Å². The van der Waals surface area contributed by atoms with Gasteiger partial charge in [0.2, 0.25) is 12.6 Å². The highest BCUT2D eigenvalue weighted by Gasteiger charge is 2.44. The largest absolute Gasteiger partial charge is 0.501 e. The van der Waals surface area contributed by atoms with Crippen LogP contribution in [0.1, 0.15) is 123 Å². The van der Waals surface area contributed by atoms with E-state index in [1.54, 1.807) is 35.0 Å². The zero-order valence-corrected chi connectivity index (χ0v) is 62.5. The minimum atomic E-state index is -5.36. The fraction of sp³-hybridized carbons (Fsp3) is 0.459. The number of nitrogens with zero attached hydrogens (tertiary/aromatic N) is 8. The van der Waals surface area contributed by atoms with E-state index in [0.717, 1.165) is 6.07 Å². The summed E-state index contributed by atoms with van der Waals surface area (Å²) in [5.74, 6) is -6.66. The second-order valence-electron chi connectivity index (χ2n) is 30.3. The Hall–Kier alpha value is -9.84. The van der Waals surface area contributed by atoms with Crippen LogP contribution >= 0.6 is 11.6 Å². The van der Waals surface area contributed by atoms with Gasteiger partial charge >= 0.3 is 22.3 Å². The maximum Gasteiger partial charge on any atom is 0.501 e. The number of anilines is 2. The molecule has 3 aromatic heterocycles. The second-order valence-corrected chi connectivity index (χ2v) is 31.8. The molecule has 0 aliphatic carbocycles. The molecule has 7 heterocycles. The van der Waals surface area contributed by atoms with Gasteiger partial charge in [0.1, 0.15) is 28.9 Å². The standard InChI is InChI=1S/C74H86ClN9O23S/c1-71(2,37-100-38-72(3,4)35-82-33-57(78-79-82)74(7,8)40-101-39-73(5,6)36-84-59(87)21-22-60(84)88)34-80(9)67(91)42-13-19-53(103-62-28-52(86)64(89)65(105-62)70(95)96)55(23-42)107-108(97,98)106-54-27-51-63(49-26-47(99-10)17-18-48(49)54)43(29-75)30-83(51)68(92)50-32-81-31-44(14-20-58(81)77-50)76-66(90)41-11-15-46(16-12-41)102-61-25-45(85)24-56(104-61)69(93)94/h11-23,26-27,31-33,43,45,52,56,61-62,64-65,85-86,89H,24-25,28-30,34-40H2,1-10H3,(H,76,90)(H,93,94)(H,95,96)/t43-,45+,52-,56+,61-,62-,64+,65+/m1/s1. The third-order valence-corrected chi connectivity index (χ3v) is 19.6. The number of carbonyl (C=O) groups excluding carboxylic acids is 5. The lowest BCUT2D eigenvalue weighted by molar-refractivity contribution is -0.228. The minimum absolute atomic E-state index is 0.00485. The number of imide groups is 1. The summed E-state index contributed by atoms with van der Waals surface area (Å²) in [5, 5.41) is 62.8. The summed E-state index contributed by atoms with van der Waals surface area (Å²) >= 11 is 6.67. The normalized spacial score (nSPS) is 20.6. The number of rotatable bonds is 31. The van der Waals surface area contributed by atoms with Gasteiger partial charge in [0.05, 0.1) is 62.8 Å². The third-order valence-electron chi connectivity index (χ3n) is 18.5. The molecule has 34 heteroatoms. The predicted octanol–water partition coefficient (Wildman–Crippen LogP) is 6.74. The topological polar surface area (TPSA) is 408 Å². The van der Waals surface area contributed by atoms with Crippen molar-refractivity contribution in [2.75, 3.05) is 76.3 Å². The first-order valence-electron chi connectivity index (χ1n) is 34.6. The van der Waals surface area contributed by atoms with Crippen LogP contribution < -0.4 is 32.8 Å². The van der Waals surface area contributed by atoms with Crippen LogP contribution in [0.25, 0.3) is 16.4 Å². The Morgan fingerprint density at radius 2 is 1.36 bits per heavy atom. The monoisotopic (exact) mass is 1540 g/mol. The van der Waals surface area contributed by atoms with Crippen LogP contribution in [0.15, 0.2) is 110 Å². The van der Waals surface area contributed by atoms with Crippen LogP contribution in [-0.2, 0) is 60.5 Å². The second kappa shape index (κ2) is 31.8. The van der Waals surface area contributed by atoms with Gasteiger partial charge in [-0.25, -0.2) is 14.6 Å². The quantitative estimate of drug-likeness (QED) is 0.0193. The number of aliphatic hydroxyl groups excluding tert-OH is 3. The molecule has 578 valence electrons. The number of imidazole rings is 1. The van der Waals surface area contributed by atoms with Crippen molar-refractivity contribution < 1.29 is 109 Å². The molecule has 4 aliphatic heterocycles. The number of aromatic nitrogens is 5. The molecule has 2 fully saturated rings. The van der Waals surface area contributed by atoms with Gasteiger partial charge in [0.25, 0.3) is 29.5 Å². The summed E-state index contributed by atoms with van der Waals surface area (Å²) < 4.78 is 85.0. The Morgan fingerprint density at radius 3 is 2.05 bits per heavy atom. The van der Waals surface area contributed by atoms with Crippen LogP contribution in [0, 0.1) is 16.2 Å². The summed E-state index contributed by atoms with van der Waals surface area (Å²) in [5.41, 5.74) is -0.105. The Kier molecular flexibility index (Phi) is 23.3. The van der Waals surface area contributed by atoms with Gasteiger partial charge in [-0.2, -0.15) is 0 Å². The number of fused-ring (bicyclic) bond motifs is 4. The zero-order valence-electron chi connectivity index (χ0n) is 60.9. The first-order valence-corrected chi connectivity index (χ1v) is 36.4. The van der Waals surface area contributed by atoms with E-state index in [-0.39, 0.29) is 109 Å². The highest BCUT2D eigenvalue weighted by molar-refractivity contribution is 7.82. The fourth-order valence-electron chi connectivity index (χ4n) is 13.2. The third kappa shape index (κ3) is 18.6. The molecule has 2 saturated heterocycles. The molecule has 5 amide bonds. The molecule has 7 aromatic rings. The number of hydrogen-bond acceptors (Lipinski definition) is 24. The van der Waals surface area contributed by atoms with Crippen LogP contribution in [-0.4, -0.2) is 219 Å². The minimum Gasteiger partial charge on any atom is -0.497 e. The summed E-state index contributed by atoms with van der Waals surface area (Å²) in [7, 11) is -2.39. The maximum atomic E-state index is 14.9. The van der Waals surface area contributed by atoms with Gasteiger partial charge in [-0.15, -0.1) is 25.1 Å². The number of carboxylic acid groups (broad SMARTS) is 2. The number of carboxylic acids is 2. The summed E-state index contributed by atoms with van der Waals surface area (Å²) in [4.78, 5) is 99.4. The molecular formula is C74H86ClN9O23S. The van der Waals surface area contributed by atoms with Crippen molar-refractivity contribution in [2.24, 2.45) is 16.2 Å². The van der Waals surface area contributed by atoms with Crippen LogP contribution in [0.2, 0.25) is 0 Å². The van der Waals surface area contributed by atoms with Crippen molar-refractivity contribution in [3.05, 3.63) is 138 Å². The Labute approximate surface area is 626 Å². The molecular weight excluding hydrogens is 1450 g/mol. The van der Waals surface area contributed by atoms with Crippen molar-refractivity contribution in [3.8, 4) is 28.7 Å². The van der Waals surface area contributed by atoms with Gasteiger partial charge < -0.3 is 86.6 Å². The first-order chi connectivity index (χ1) is 50.9. The molecule has 0 saturated carbocycles. The average Bonchev–Trinajstić information content (AvgIpc) is 1.55. The number of halogens is 1. The van der Waals surface area contributed by atoms with Crippen LogP contribution in [0.3, 0.4) is 0 Å². The predicted molar refractivity (Wildman–Crippen MR) is 386 cm³/mol. The van der Waals surface area contributed by atoms with E-state index in [9.17, 15) is 67.5 Å². The number of alkyl halides is 1. The Bertz CT molecular complexity index is 4720. The van der Waals surface area contributed by atoms with E-state index in [1.165, 1.54) is 100 Å². The van der Waals surface area contributed by atoms with Crippen LogP contribution in [0.5, 0.6) is 28.7 Å². The molecule has 11 rings (SSSR count). The lowest BCUT2D eigenvalue weighted by Crippen LogP contribution is -2.53. The highest BCUT2D eigenvalue weighted by Crippen LogP contribution is 2.48. The number of methoxy groups -OCH3 is 1. The number of hydrogen-bond donors (Lipinski definition) is 6. The molecule has 0 bridgehead atoms. The number of amides is 5. The van der Waals surface area contributed by atoms with E-state index < -0.39 is 129 Å².